The Kier molecular flexibility index (Phi) is 12.3. The number of carbonyl (C=O) groups is 1. The molecule has 1 aromatic rings. The molecule has 0 saturated carbocycles. The van der Waals surface area contributed by atoms with Crippen LogP contribution in [0.5, 0.6) is 0 Å². The zero-order valence-electron chi connectivity index (χ0n) is 17.6. The molecule has 1 atom stereocenters. The van der Waals surface area contributed by atoms with Gasteiger partial charge in [-0.25, -0.2) is 0 Å². The van der Waals surface area contributed by atoms with Crippen molar-refractivity contribution in [1.82, 2.24) is 0 Å². The van der Waals surface area contributed by atoms with Gasteiger partial charge in [0.2, 0.25) is 0 Å². The van der Waals surface area contributed by atoms with Crippen molar-refractivity contribution in [3.63, 3.8) is 0 Å². The molecule has 0 saturated heterocycles. The molecular formula is C23H40O2Sn. The Bertz CT molecular complexity index is 464. The topological polar surface area (TPSA) is 26.3 Å². The number of carbonyl (C=O) groups excluding carboxylic acids is 1. The van der Waals surface area contributed by atoms with Crippen LogP contribution in [0.1, 0.15) is 78.2 Å². The Hall–Kier alpha value is -0.511. The second-order valence-electron chi connectivity index (χ2n) is 7.80. The molecule has 1 unspecified atom stereocenters. The quantitative estimate of drug-likeness (QED) is 0.219. The summed E-state index contributed by atoms with van der Waals surface area (Å²) in [5.74, 6) is -0.0753. The molecule has 148 valence electrons. The maximum absolute atomic E-state index is 11.9. The molecule has 0 aliphatic rings. The third-order valence-corrected chi connectivity index (χ3v) is 22.2. The summed E-state index contributed by atoms with van der Waals surface area (Å²) in [5, 5.41) is 0. The molecule has 1 rings (SSSR count). The van der Waals surface area contributed by atoms with Gasteiger partial charge in [-0.1, -0.05) is 0 Å². The van der Waals surface area contributed by atoms with Gasteiger partial charge in [0.1, 0.15) is 0 Å². The van der Waals surface area contributed by atoms with Crippen LogP contribution in [-0.4, -0.2) is 28.5 Å². The molecule has 0 heterocycles. The first-order valence-corrected chi connectivity index (χ1v) is 18.5. The predicted octanol–water partition coefficient (Wildman–Crippen LogP) is 6.94. The fourth-order valence-corrected chi connectivity index (χ4v) is 21.4. The second-order valence-corrected chi connectivity index (χ2v) is 21.7. The van der Waals surface area contributed by atoms with Crippen LogP contribution in [0.2, 0.25) is 13.3 Å². The Morgan fingerprint density at radius 1 is 0.923 bits per heavy atom. The zero-order chi connectivity index (χ0) is 19.3. The van der Waals surface area contributed by atoms with E-state index >= 15 is 0 Å². The number of rotatable bonds is 14. The van der Waals surface area contributed by atoms with Gasteiger partial charge in [0.05, 0.1) is 0 Å². The van der Waals surface area contributed by atoms with E-state index in [2.05, 4.69) is 51.1 Å². The first kappa shape index (κ1) is 23.5. The maximum atomic E-state index is 11.9. The summed E-state index contributed by atoms with van der Waals surface area (Å²) >= 11 is -2.56. The summed E-state index contributed by atoms with van der Waals surface area (Å²) in [4.78, 5) is 11.9. The molecule has 0 fully saturated rings. The Labute approximate surface area is 166 Å². The summed E-state index contributed by atoms with van der Waals surface area (Å²) in [5.41, 5.74) is 1.37. The van der Waals surface area contributed by atoms with E-state index < -0.39 is 18.4 Å². The summed E-state index contributed by atoms with van der Waals surface area (Å²) in [6.45, 7) is 8.48. The van der Waals surface area contributed by atoms with Crippen molar-refractivity contribution < 1.29 is 9.53 Å². The molecule has 0 aliphatic carbocycles. The Balaban J connectivity index is 3.03. The van der Waals surface area contributed by atoms with Crippen LogP contribution in [0.3, 0.4) is 0 Å². The standard InChI is InChI=1S/C11H13O2.3C4H9.Sn/c1-10(12)13-9-5-8-11-6-3-2-4-7-11;3*1-3-4-2;/h2-4,6-7,9H,5,8H2,1H3;3*1,3-4H2,2H3;. The van der Waals surface area contributed by atoms with Crippen molar-refractivity contribution in [2.75, 3.05) is 0 Å². The second kappa shape index (κ2) is 13.6. The van der Waals surface area contributed by atoms with Crippen LogP contribution < -0.4 is 0 Å². The van der Waals surface area contributed by atoms with E-state index in [1.54, 1.807) is 6.92 Å². The SMILES string of the molecule is CCC[CH2][Sn]([CH2]CCC)([CH2]CCC)[CH](CCc1ccccc1)OC(C)=O. The van der Waals surface area contributed by atoms with E-state index in [1.807, 2.05) is 0 Å². The molecule has 0 aliphatic heterocycles. The van der Waals surface area contributed by atoms with Crippen molar-refractivity contribution in [2.45, 2.75) is 96.5 Å². The predicted molar refractivity (Wildman–Crippen MR) is 115 cm³/mol. The minimum atomic E-state index is -2.56. The van der Waals surface area contributed by atoms with Crippen LogP contribution in [0.4, 0.5) is 0 Å². The molecule has 0 radical (unpaired) electrons. The molecule has 26 heavy (non-hydrogen) atoms. The fourth-order valence-electron chi connectivity index (χ4n) is 4.08. The summed E-state index contributed by atoms with van der Waals surface area (Å²) in [6.07, 6.45) is 9.75. The molecule has 0 aromatic heterocycles. The van der Waals surface area contributed by atoms with Crippen molar-refractivity contribution in [2.24, 2.45) is 0 Å². The van der Waals surface area contributed by atoms with Crippen LogP contribution in [0, 0.1) is 0 Å². The average molecular weight is 467 g/mol. The van der Waals surface area contributed by atoms with Gasteiger partial charge in [-0.15, -0.1) is 0 Å². The van der Waals surface area contributed by atoms with Crippen LogP contribution in [-0.2, 0) is 16.0 Å². The number of hydrogen-bond acceptors (Lipinski definition) is 2. The van der Waals surface area contributed by atoms with Gasteiger partial charge in [-0.3, -0.25) is 0 Å². The number of aryl methyl sites for hydroxylation is 1. The molecule has 0 spiro atoms. The van der Waals surface area contributed by atoms with Crippen molar-refractivity contribution in [3.8, 4) is 0 Å². The number of esters is 1. The zero-order valence-corrected chi connectivity index (χ0v) is 20.4. The van der Waals surface area contributed by atoms with E-state index in [0.717, 1.165) is 12.8 Å². The van der Waals surface area contributed by atoms with Gasteiger partial charge < -0.3 is 0 Å². The van der Waals surface area contributed by atoms with Gasteiger partial charge in [-0.05, 0) is 0 Å². The van der Waals surface area contributed by atoms with E-state index in [4.69, 9.17) is 4.74 Å². The summed E-state index contributed by atoms with van der Waals surface area (Å²) in [6, 6.07) is 10.7. The van der Waals surface area contributed by atoms with E-state index in [9.17, 15) is 4.79 Å². The van der Waals surface area contributed by atoms with E-state index in [-0.39, 0.29) is 10.1 Å². The Morgan fingerprint density at radius 2 is 1.42 bits per heavy atom. The van der Waals surface area contributed by atoms with Crippen LogP contribution in [0.15, 0.2) is 30.3 Å². The third kappa shape index (κ3) is 8.45. The first-order chi connectivity index (χ1) is 12.6. The third-order valence-electron chi connectivity index (χ3n) is 5.61. The molecule has 0 bridgehead atoms. The molecule has 2 nitrogen and oxygen atoms in total. The molecule has 1 aromatic carbocycles. The van der Waals surface area contributed by atoms with Gasteiger partial charge in [-0.2, -0.15) is 0 Å². The van der Waals surface area contributed by atoms with Crippen LogP contribution in [0.25, 0.3) is 0 Å². The van der Waals surface area contributed by atoms with Crippen molar-refractivity contribution in [1.29, 1.82) is 0 Å². The monoisotopic (exact) mass is 468 g/mol. The summed E-state index contributed by atoms with van der Waals surface area (Å²) in [7, 11) is 0. The van der Waals surface area contributed by atoms with E-state index in [0.29, 0.717) is 0 Å². The average Bonchev–Trinajstić information content (AvgIpc) is 2.65. The number of benzene rings is 1. The normalized spacial score (nSPS) is 12.8. The fraction of sp³-hybridized carbons (Fsp3) is 0.696. The van der Waals surface area contributed by atoms with Gasteiger partial charge in [0, 0.05) is 0 Å². The first-order valence-electron chi connectivity index (χ1n) is 10.8. The summed E-state index contributed by atoms with van der Waals surface area (Å²) < 4.78 is 10.5. The number of hydrogen-bond donors (Lipinski definition) is 0. The van der Waals surface area contributed by atoms with E-state index in [1.165, 1.54) is 57.4 Å². The molecule has 3 heteroatoms. The van der Waals surface area contributed by atoms with Gasteiger partial charge >= 0.3 is 166 Å². The van der Waals surface area contributed by atoms with Crippen molar-refractivity contribution >= 4 is 24.3 Å². The van der Waals surface area contributed by atoms with Crippen molar-refractivity contribution in [3.05, 3.63) is 35.9 Å². The number of ether oxygens (including phenoxy) is 1. The molecular weight excluding hydrogens is 427 g/mol. The van der Waals surface area contributed by atoms with Gasteiger partial charge in [0.25, 0.3) is 0 Å². The number of unbranched alkanes of at least 4 members (excludes halogenated alkanes) is 3. The minimum absolute atomic E-state index is 0.0753. The van der Waals surface area contributed by atoms with Gasteiger partial charge in [0.15, 0.2) is 0 Å². The van der Waals surface area contributed by atoms with Crippen LogP contribution >= 0.6 is 0 Å². The molecule has 0 N–H and O–H groups in total. The molecule has 0 amide bonds. The Morgan fingerprint density at radius 3 is 1.85 bits per heavy atom.